The first kappa shape index (κ1) is 29.5. The zero-order valence-corrected chi connectivity index (χ0v) is 18.4. The number of nitro benzene ring substituents is 1. The lowest BCUT2D eigenvalue weighted by Crippen LogP contribution is -1.99. The van der Waals surface area contributed by atoms with Crippen molar-refractivity contribution in [3.8, 4) is 0 Å². The molecule has 0 saturated heterocycles. The molecule has 0 aliphatic carbocycles. The van der Waals surface area contributed by atoms with Crippen molar-refractivity contribution < 1.29 is 10.0 Å². The van der Waals surface area contributed by atoms with Crippen molar-refractivity contribution >= 4 is 5.69 Å². The number of non-ortho nitro benzene ring substituents is 1. The van der Waals surface area contributed by atoms with Gasteiger partial charge in [-0.05, 0) is 58.1 Å². The van der Waals surface area contributed by atoms with Gasteiger partial charge in [-0.1, -0.05) is 57.2 Å². The molecule has 0 amide bonds. The minimum absolute atomic E-state index is 0.160. The average Bonchev–Trinajstić information content (AvgIpc) is 2.68. The van der Waals surface area contributed by atoms with E-state index in [0.717, 1.165) is 24.7 Å². The molecular formula is C22H37N2O3-. The van der Waals surface area contributed by atoms with Crippen molar-refractivity contribution in [2.75, 3.05) is 28.3 Å². The summed E-state index contributed by atoms with van der Waals surface area (Å²) in [6.07, 6.45) is 1.14. The van der Waals surface area contributed by atoms with E-state index in [4.69, 9.17) is 5.11 Å². The van der Waals surface area contributed by atoms with Crippen LogP contribution in [-0.2, 0) is 6.42 Å². The average molecular weight is 378 g/mol. The molecule has 0 spiro atoms. The molecule has 0 fully saturated rings. The van der Waals surface area contributed by atoms with Crippen molar-refractivity contribution in [2.24, 2.45) is 0 Å². The number of hydrogen-bond donors (Lipinski definition) is 0. The lowest BCUT2D eigenvalue weighted by molar-refractivity contribution is -0.384. The lowest BCUT2D eigenvalue weighted by Gasteiger charge is -1.97. The van der Waals surface area contributed by atoms with Gasteiger partial charge in [0.15, 0.2) is 0 Å². The molecule has 0 bridgehead atoms. The molecule has 0 saturated carbocycles. The Kier molecular flexibility index (Phi) is 22.0. The summed E-state index contributed by atoms with van der Waals surface area (Å²) in [6.45, 7) is 9.96. The number of aryl methyl sites for hydroxylation is 3. The zero-order valence-electron chi connectivity index (χ0n) is 18.4. The number of rotatable bonds is 2. The van der Waals surface area contributed by atoms with Crippen LogP contribution in [0.5, 0.6) is 0 Å². The van der Waals surface area contributed by atoms with E-state index in [9.17, 15) is 10.1 Å². The Morgan fingerprint density at radius 3 is 1.63 bits per heavy atom. The summed E-state index contributed by atoms with van der Waals surface area (Å²) in [5, 5.41) is 18.5. The maximum Gasteiger partial charge on any atom is 0.269 e. The van der Waals surface area contributed by atoms with Crippen LogP contribution in [0.25, 0.3) is 0 Å². The fraction of sp³-hybridized carbons (Fsp3) is 0.455. The maximum absolute atomic E-state index is 10.3. The van der Waals surface area contributed by atoms with Crippen LogP contribution in [0.1, 0.15) is 37.5 Å². The second kappa shape index (κ2) is 20.1. The normalized spacial score (nSPS) is 8.41. The molecule has 27 heavy (non-hydrogen) atoms. The van der Waals surface area contributed by atoms with Gasteiger partial charge in [0.05, 0.1) is 4.92 Å². The molecular weight excluding hydrogens is 340 g/mol. The summed E-state index contributed by atoms with van der Waals surface area (Å²) in [7, 11) is 6.75. The van der Waals surface area contributed by atoms with Gasteiger partial charge in [-0.2, -0.15) is 7.11 Å². The van der Waals surface area contributed by atoms with Gasteiger partial charge >= 0.3 is 0 Å². The highest BCUT2D eigenvalue weighted by molar-refractivity contribution is 5.38. The molecule has 0 heterocycles. The van der Waals surface area contributed by atoms with Gasteiger partial charge in [-0.25, -0.2) is 0 Å². The summed E-state index contributed by atoms with van der Waals surface area (Å²) in [5.41, 5.74) is 3.61. The van der Waals surface area contributed by atoms with Crippen LogP contribution in [-0.4, -0.2) is 38.1 Å². The van der Waals surface area contributed by atoms with Crippen LogP contribution in [0.3, 0.4) is 0 Å². The summed E-state index contributed by atoms with van der Waals surface area (Å²) < 4.78 is 0. The van der Waals surface area contributed by atoms with E-state index in [2.05, 4.69) is 31.2 Å². The molecule has 2 aromatic carbocycles. The summed E-state index contributed by atoms with van der Waals surface area (Å²) in [6, 6.07) is 15.3. The van der Waals surface area contributed by atoms with Crippen molar-refractivity contribution in [3.63, 3.8) is 0 Å². The molecule has 5 heteroatoms. The topological polar surface area (TPSA) is 69.4 Å². The van der Waals surface area contributed by atoms with Gasteiger partial charge in [-0.15, -0.1) is 0 Å². The third kappa shape index (κ3) is 18.4. The van der Waals surface area contributed by atoms with E-state index in [-0.39, 0.29) is 10.6 Å². The molecule has 154 valence electrons. The predicted octanol–water partition coefficient (Wildman–Crippen LogP) is 4.64. The molecule has 5 nitrogen and oxygen atoms in total. The second-order valence-electron chi connectivity index (χ2n) is 5.71. The van der Waals surface area contributed by atoms with Gasteiger partial charge in [-0.3, -0.25) is 10.1 Å². The first-order valence-corrected chi connectivity index (χ1v) is 9.05. The van der Waals surface area contributed by atoms with Crippen LogP contribution in [0.4, 0.5) is 5.69 Å². The van der Waals surface area contributed by atoms with E-state index in [1.807, 2.05) is 59.8 Å². The molecule has 0 N–H and O–H groups in total. The fourth-order valence-electron chi connectivity index (χ4n) is 1.55. The molecule has 0 unspecified atom stereocenters. The molecule has 0 aliphatic heterocycles. The first-order chi connectivity index (χ1) is 12.8. The summed E-state index contributed by atoms with van der Waals surface area (Å²) >= 11 is 0. The van der Waals surface area contributed by atoms with Crippen molar-refractivity contribution in [1.82, 2.24) is 4.90 Å². The van der Waals surface area contributed by atoms with E-state index >= 15 is 0 Å². The van der Waals surface area contributed by atoms with Gasteiger partial charge in [0.25, 0.3) is 5.69 Å². The smallest absolute Gasteiger partial charge is 0.269 e. The predicted molar refractivity (Wildman–Crippen MR) is 115 cm³/mol. The first-order valence-electron chi connectivity index (χ1n) is 9.05. The Labute approximate surface area is 165 Å². The fourth-order valence-corrected chi connectivity index (χ4v) is 1.55. The zero-order chi connectivity index (χ0) is 21.8. The quantitative estimate of drug-likeness (QED) is 0.565. The van der Waals surface area contributed by atoms with E-state index < -0.39 is 0 Å². The third-order valence-corrected chi connectivity index (χ3v) is 2.95. The van der Waals surface area contributed by atoms with Gasteiger partial charge in [0, 0.05) is 12.1 Å². The van der Waals surface area contributed by atoms with Crippen LogP contribution < -0.4 is 5.11 Å². The van der Waals surface area contributed by atoms with Gasteiger partial charge in [0.2, 0.25) is 0 Å². The summed E-state index contributed by atoms with van der Waals surface area (Å²) in [5.74, 6) is 0. The van der Waals surface area contributed by atoms with Crippen molar-refractivity contribution in [1.29, 1.82) is 0 Å². The monoisotopic (exact) mass is 377 g/mol. The summed E-state index contributed by atoms with van der Waals surface area (Å²) in [4.78, 5) is 11.9. The third-order valence-electron chi connectivity index (χ3n) is 2.95. The Bertz CT molecular complexity index is 583. The van der Waals surface area contributed by atoms with Gasteiger partial charge in [0.1, 0.15) is 0 Å². The highest BCUT2D eigenvalue weighted by Crippen LogP contribution is 2.15. The molecule has 0 radical (unpaired) electrons. The Balaban J connectivity index is -0.000000317. The largest absolute Gasteiger partial charge is 0.857 e. The van der Waals surface area contributed by atoms with E-state index in [1.54, 1.807) is 12.1 Å². The Morgan fingerprint density at radius 1 is 0.889 bits per heavy atom. The number of hydrogen-bond acceptors (Lipinski definition) is 4. The van der Waals surface area contributed by atoms with Crippen LogP contribution in [0.15, 0.2) is 48.5 Å². The maximum atomic E-state index is 10.3. The highest BCUT2D eigenvalue weighted by atomic mass is 16.6. The highest BCUT2D eigenvalue weighted by Gasteiger charge is 2.04. The second-order valence-corrected chi connectivity index (χ2v) is 5.71. The van der Waals surface area contributed by atoms with E-state index in [0.29, 0.717) is 0 Å². The molecule has 2 rings (SSSR count). The SMILES string of the molecule is CC.CCc1ccccc1.CN(C)C.C[O-].Cc1ccc([N+](=O)[O-])cc1C. The van der Waals surface area contributed by atoms with Crippen molar-refractivity contribution in [3.05, 3.63) is 75.3 Å². The Hall–Kier alpha value is -2.24. The minimum Gasteiger partial charge on any atom is -0.857 e. The van der Waals surface area contributed by atoms with Crippen molar-refractivity contribution in [2.45, 2.75) is 41.0 Å². The molecule has 0 aromatic heterocycles. The standard InChI is InChI=1S/C8H9NO2.C8H10.C3H9N.C2H6.CH3O/c1-6-3-4-8(9(10)11)5-7(6)2;1-2-8-6-4-3-5-7-8;1-4(2)3;2*1-2/h3-5H,1-2H3;3-7H,2H2,1H3;1-3H3;1-2H3;1H3/q;;;;-1. The lowest BCUT2D eigenvalue weighted by atomic mass is 10.1. The molecule has 0 aliphatic rings. The minimum atomic E-state index is -0.382. The molecule has 2 aromatic rings. The number of benzene rings is 2. The van der Waals surface area contributed by atoms with Crippen LogP contribution in [0, 0.1) is 24.0 Å². The molecule has 0 atom stereocenters. The van der Waals surface area contributed by atoms with Crippen LogP contribution in [0.2, 0.25) is 0 Å². The van der Waals surface area contributed by atoms with E-state index in [1.165, 1.54) is 11.6 Å². The van der Waals surface area contributed by atoms with Crippen LogP contribution >= 0.6 is 0 Å². The Morgan fingerprint density at radius 2 is 1.33 bits per heavy atom. The number of nitro groups is 1. The van der Waals surface area contributed by atoms with Gasteiger partial charge < -0.3 is 10.0 Å². The number of nitrogens with zero attached hydrogens (tertiary/aromatic N) is 2.